The van der Waals surface area contributed by atoms with Crippen molar-refractivity contribution in [2.24, 2.45) is 11.8 Å². The zero-order valence-corrected chi connectivity index (χ0v) is 14.3. The fourth-order valence-corrected chi connectivity index (χ4v) is 4.23. The number of rotatable bonds is 6. The van der Waals surface area contributed by atoms with Crippen LogP contribution in [-0.4, -0.2) is 48.8 Å². The van der Waals surface area contributed by atoms with Gasteiger partial charge in [0.15, 0.2) is 0 Å². The Morgan fingerprint density at radius 1 is 1.10 bits per heavy atom. The molecule has 2 atom stereocenters. The summed E-state index contributed by atoms with van der Waals surface area (Å²) in [6.07, 6.45) is 4.30. The first-order valence-corrected chi connectivity index (χ1v) is 8.40. The molecule has 3 nitrogen and oxygen atoms in total. The molecule has 1 saturated carbocycles. The van der Waals surface area contributed by atoms with E-state index in [0.717, 1.165) is 19.0 Å². The third-order valence-corrected chi connectivity index (χ3v) is 5.52. The summed E-state index contributed by atoms with van der Waals surface area (Å²) in [4.78, 5) is 2.64. The van der Waals surface area contributed by atoms with E-state index in [-0.39, 0.29) is 11.2 Å². The van der Waals surface area contributed by atoms with Gasteiger partial charge in [-0.05, 0) is 60.0 Å². The molecule has 0 aromatic rings. The third-order valence-electron chi connectivity index (χ3n) is 5.52. The third kappa shape index (κ3) is 3.20. The Labute approximate surface area is 125 Å². The van der Waals surface area contributed by atoms with Gasteiger partial charge in [-0.1, -0.05) is 13.3 Å². The maximum absolute atomic E-state index is 6.35. The maximum atomic E-state index is 6.35. The Hall–Kier alpha value is -0.120. The molecule has 3 heteroatoms. The van der Waals surface area contributed by atoms with Crippen molar-refractivity contribution in [1.82, 2.24) is 10.2 Å². The van der Waals surface area contributed by atoms with Crippen LogP contribution in [-0.2, 0) is 4.74 Å². The van der Waals surface area contributed by atoms with Crippen molar-refractivity contribution >= 4 is 0 Å². The zero-order chi connectivity index (χ0) is 15.0. The molecule has 1 aliphatic carbocycles. The van der Waals surface area contributed by atoms with Crippen LogP contribution in [0.4, 0.5) is 0 Å². The van der Waals surface area contributed by atoms with Crippen LogP contribution in [0.5, 0.6) is 0 Å². The van der Waals surface area contributed by atoms with Crippen LogP contribution >= 0.6 is 0 Å². The van der Waals surface area contributed by atoms with Crippen LogP contribution in [0, 0.1) is 11.8 Å². The van der Waals surface area contributed by atoms with Gasteiger partial charge in [0.1, 0.15) is 0 Å². The van der Waals surface area contributed by atoms with E-state index in [2.05, 4.69) is 51.9 Å². The number of nitrogens with zero attached hydrogens (tertiary/aromatic N) is 1. The second kappa shape index (κ2) is 5.94. The number of hydrogen-bond donors (Lipinski definition) is 1. The molecule has 118 valence electrons. The van der Waals surface area contributed by atoms with Gasteiger partial charge in [0.2, 0.25) is 0 Å². The second-order valence-electron chi connectivity index (χ2n) is 7.83. The van der Waals surface area contributed by atoms with E-state index < -0.39 is 0 Å². The van der Waals surface area contributed by atoms with Crippen LogP contribution in [0.2, 0.25) is 0 Å². The van der Waals surface area contributed by atoms with Gasteiger partial charge in [-0.25, -0.2) is 0 Å². The molecule has 1 saturated heterocycles. The molecular weight excluding hydrogens is 248 g/mol. The van der Waals surface area contributed by atoms with Crippen molar-refractivity contribution < 1.29 is 4.74 Å². The van der Waals surface area contributed by atoms with E-state index in [1.807, 2.05) is 0 Å². The highest BCUT2D eigenvalue weighted by atomic mass is 16.5. The van der Waals surface area contributed by atoms with Crippen LogP contribution < -0.4 is 5.32 Å². The summed E-state index contributed by atoms with van der Waals surface area (Å²) >= 11 is 0. The molecule has 0 amide bonds. The number of nitrogens with one attached hydrogen (secondary N) is 1. The van der Waals surface area contributed by atoms with Gasteiger partial charge in [0, 0.05) is 25.0 Å². The monoisotopic (exact) mass is 282 g/mol. The van der Waals surface area contributed by atoms with Crippen LogP contribution in [0.25, 0.3) is 0 Å². The first kappa shape index (κ1) is 16.3. The minimum Gasteiger partial charge on any atom is -0.368 e. The summed E-state index contributed by atoms with van der Waals surface area (Å²) in [7, 11) is 2.08. The van der Waals surface area contributed by atoms with E-state index in [1.54, 1.807) is 0 Å². The summed E-state index contributed by atoms with van der Waals surface area (Å²) < 4.78 is 6.35. The van der Waals surface area contributed by atoms with E-state index >= 15 is 0 Å². The van der Waals surface area contributed by atoms with Crippen molar-refractivity contribution in [2.75, 3.05) is 26.7 Å². The second-order valence-corrected chi connectivity index (χ2v) is 7.83. The Balaban J connectivity index is 2.03. The average molecular weight is 282 g/mol. The van der Waals surface area contributed by atoms with Crippen molar-refractivity contribution in [3.8, 4) is 0 Å². The molecule has 2 fully saturated rings. The molecule has 1 N–H and O–H groups in total. The minimum absolute atomic E-state index is 0.0514. The topological polar surface area (TPSA) is 24.5 Å². The van der Waals surface area contributed by atoms with Crippen molar-refractivity contribution in [2.45, 2.75) is 71.1 Å². The molecule has 0 aromatic heterocycles. The summed E-state index contributed by atoms with van der Waals surface area (Å²) in [5, 5.41) is 3.52. The molecule has 1 heterocycles. The van der Waals surface area contributed by atoms with Gasteiger partial charge in [-0.2, -0.15) is 0 Å². The van der Waals surface area contributed by atoms with Crippen molar-refractivity contribution in [3.63, 3.8) is 0 Å². The summed E-state index contributed by atoms with van der Waals surface area (Å²) in [5.41, 5.74) is -0.136. The lowest BCUT2D eigenvalue weighted by atomic mass is 9.81. The molecule has 2 aliphatic rings. The van der Waals surface area contributed by atoms with Gasteiger partial charge in [0.05, 0.1) is 11.2 Å². The lowest BCUT2D eigenvalue weighted by Gasteiger charge is -2.37. The fourth-order valence-electron chi connectivity index (χ4n) is 4.23. The molecule has 0 bridgehead atoms. The summed E-state index contributed by atoms with van der Waals surface area (Å²) in [6, 6.07) is 0.424. The van der Waals surface area contributed by atoms with Gasteiger partial charge in [0.25, 0.3) is 0 Å². The SMILES string of the molecule is CCN(CC1CCC1)CC1C(NC)C(C)(C)OC1(C)C. The highest BCUT2D eigenvalue weighted by molar-refractivity contribution is 5.05. The molecule has 20 heavy (non-hydrogen) atoms. The predicted molar refractivity (Wildman–Crippen MR) is 85.0 cm³/mol. The highest BCUT2D eigenvalue weighted by Gasteiger charge is 2.53. The van der Waals surface area contributed by atoms with Crippen molar-refractivity contribution in [1.29, 1.82) is 0 Å². The normalized spacial score (nSPS) is 32.5. The molecule has 0 spiro atoms. The molecular formula is C17H34N2O. The smallest absolute Gasteiger partial charge is 0.0790 e. The Bertz CT molecular complexity index is 323. The van der Waals surface area contributed by atoms with Gasteiger partial charge in [-0.3, -0.25) is 0 Å². The Morgan fingerprint density at radius 2 is 1.75 bits per heavy atom. The maximum Gasteiger partial charge on any atom is 0.0790 e. The first-order chi connectivity index (χ1) is 9.30. The van der Waals surface area contributed by atoms with Crippen molar-refractivity contribution in [3.05, 3.63) is 0 Å². The number of ether oxygens (including phenoxy) is 1. The zero-order valence-electron chi connectivity index (χ0n) is 14.3. The fraction of sp³-hybridized carbons (Fsp3) is 1.00. The number of likely N-dealkylation sites (N-methyl/N-ethyl adjacent to an activating group) is 1. The Kier molecular flexibility index (Phi) is 4.83. The quantitative estimate of drug-likeness (QED) is 0.811. The lowest BCUT2D eigenvalue weighted by Crippen LogP contribution is -2.50. The standard InChI is InChI=1S/C17H34N2O/c1-7-19(11-13-9-8-10-13)12-14-15(18-6)17(4,5)20-16(14,2)3/h13-15,18H,7-12H2,1-6H3. The molecule has 0 aromatic carbocycles. The van der Waals surface area contributed by atoms with E-state index in [0.29, 0.717) is 12.0 Å². The van der Waals surface area contributed by atoms with Gasteiger partial charge >= 0.3 is 0 Å². The highest BCUT2D eigenvalue weighted by Crippen LogP contribution is 2.42. The average Bonchev–Trinajstić information content (AvgIpc) is 2.46. The van der Waals surface area contributed by atoms with Crippen LogP contribution in [0.15, 0.2) is 0 Å². The largest absolute Gasteiger partial charge is 0.368 e. The Morgan fingerprint density at radius 3 is 2.20 bits per heavy atom. The lowest BCUT2D eigenvalue weighted by molar-refractivity contribution is -0.0796. The molecule has 2 rings (SSSR count). The molecule has 2 unspecified atom stereocenters. The van der Waals surface area contributed by atoms with E-state index in [4.69, 9.17) is 4.74 Å². The first-order valence-electron chi connectivity index (χ1n) is 8.40. The predicted octanol–water partition coefficient (Wildman–Crippen LogP) is 2.90. The number of hydrogen-bond acceptors (Lipinski definition) is 3. The van der Waals surface area contributed by atoms with Crippen LogP contribution in [0.3, 0.4) is 0 Å². The summed E-state index contributed by atoms with van der Waals surface area (Å²) in [5.74, 6) is 1.49. The van der Waals surface area contributed by atoms with Crippen LogP contribution in [0.1, 0.15) is 53.9 Å². The van der Waals surface area contributed by atoms with Gasteiger partial charge < -0.3 is 15.0 Å². The minimum atomic E-state index is -0.0845. The van der Waals surface area contributed by atoms with E-state index in [1.165, 1.54) is 25.8 Å². The molecule has 0 radical (unpaired) electrons. The van der Waals surface area contributed by atoms with E-state index in [9.17, 15) is 0 Å². The summed E-state index contributed by atoms with van der Waals surface area (Å²) in [6.45, 7) is 14.8. The van der Waals surface area contributed by atoms with Gasteiger partial charge in [-0.15, -0.1) is 0 Å². The molecule has 1 aliphatic heterocycles.